The molecule has 0 fully saturated rings. The Bertz CT molecular complexity index is 1340. The zero-order valence-electron chi connectivity index (χ0n) is 20.6. The molecule has 198 valence electrons. The summed E-state index contributed by atoms with van der Waals surface area (Å²) in [5.41, 5.74) is 4.71. The van der Waals surface area contributed by atoms with Crippen LogP contribution in [-0.4, -0.2) is 24.3 Å². The number of anilines is 1. The van der Waals surface area contributed by atoms with E-state index in [0.29, 0.717) is 24.3 Å². The van der Waals surface area contributed by atoms with Gasteiger partial charge >= 0.3 is 12.4 Å². The van der Waals surface area contributed by atoms with Gasteiger partial charge in [-0.05, 0) is 84.0 Å². The zero-order valence-corrected chi connectivity index (χ0v) is 21.4. The molecule has 0 atom stereocenters. The highest BCUT2D eigenvalue weighted by molar-refractivity contribution is 7.96. The van der Waals surface area contributed by atoms with Crippen molar-refractivity contribution in [3.63, 3.8) is 0 Å². The van der Waals surface area contributed by atoms with E-state index in [4.69, 9.17) is 4.84 Å². The van der Waals surface area contributed by atoms with Crippen LogP contribution in [0.3, 0.4) is 0 Å². The second-order valence-electron chi connectivity index (χ2n) is 8.69. The number of carbonyl (C=O) groups is 1. The molecule has 38 heavy (non-hydrogen) atoms. The number of alkyl halides is 3. The average molecular weight is 543 g/mol. The first-order valence-corrected chi connectivity index (χ1v) is 12.5. The summed E-state index contributed by atoms with van der Waals surface area (Å²) in [6, 6.07) is 18.4. The summed E-state index contributed by atoms with van der Waals surface area (Å²) >= 11 is 0.901. The first-order valence-electron chi connectivity index (χ1n) is 11.8. The van der Waals surface area contributed by atoms with Crippen LogP contribution in [-0.2, 0) is 6.42 Å². The van der Waals surface area contributed by atoms with Crippen LogP contribution in [0.2, 0.25) is 0 Å². The topological polar surface area (TPSA) is 84.3 Å². The number of ether oxygens (including phenoxy) is 1. The van der Waals surface area contributed by atoms with Gasteiger partial charge in [0.25, 0.3) is 0 Å². The van der Waals surface area contributed by atoms with E-state index in [1.165, 1.54) is 12.1 Å². The Labute approximate surface area is 222 Å². The summed E-state index contributed by atoms with van der Waals surface area (Å²) in [6.45, 7) is 4.12. The summed E-state index contributed by atoms with van der Waals surface area (Å²) in [7, 11) is 0. The molecule has 0 radical (unpaired) electrons. The number of urea groups is 1. The standard InChI is InChI=1S/C27H25F3N4O3S/c1-17(2)22-5-3-4-6-24(22)32-26(35)34-38-31-16-18-7-10-20(11-8-18)37-33-25-14-9-19-15-21(12-13-23(19)25)36-27(28,29)30/h3-8,10-13,15-17H,9,14H2,1-2H3,(H2,32,34,35)/b31-16?,33-25-. The first kappa shape index (κ1) is 27.1. The largest absolute Gasteiger partial charge is 0.573 e. The van der Waals surface area contributed by atoms with Crippen LogP contribution in [0.15, 0.2) is 76.3 Å². The third kappa shape index (κ3) is 7.51. The summed E-state index contributed by atoms with van der Waals surface area (Å²) in [5.74, 6) is 0.523. The molecular formula is C27H25F3N4O3S. The van der Waals surface area contributed by atoms with Crippen molar-refractivity contribution in [2.45, 2.75) is 39.0 Å². The van der Waals surface area contributed by atoms with E-state index in [9.17, 15) is 18.0 Å². The van der Waals surface area contributed by atoms with Gasteiger partial charge in [0.15, 0.2) is 5.75 Å². The van der Waals surface area contributed by atoms with Gasteiger partial charge in [-0.3, -0.25) is 4.72 Å². The van der Waals surface area contributed by atoms with E-state index in [2.05, 4.69) is 38.2 Å². The third-order valence-corrected chi connectivity index (χ3v) is 6.10. The molecule has 3 aromatic carbocycles. The fourth-order valence-corrected chi connectivity index (χ4v) is 4.24. The molecule has 0 aliphatic heterocycles. The highest BCUT2D eigenvalue weighted by Gasteiger charge is 2.31. The molecule has 2 N–H and O–H groups in total. The number of carbonyl (C=O) groups excluding carboxylic acids is 1. The number of nitrogens with zero attached hydrogens (tertiary/aromatic N) is 2. The molecule has 0 spiro atoms. The lowest BCUT2D eigenvalue weighted by molar-refractivity contribution is -0.274. The van der Waals surface area contributed by atoms with Crippen LogP contribution in [0.5, 0.6) is 11.5 Å². The molecule has 1 aliphatic carbocycles. The Morgan fingerprint density at radius 3 is 2.50 bits per heavy atom. The van der Waals surface area contributed by atoms with Gasteiger partial charge in [-0.25, -0.2) is 9.19 Å². The number of fused-ring (bicyclic) bond motifs is 1. The number of aryl methyl sites for hydroxylation is 1. The van der Waals surface area contributed by atoms with E-state index in [1.807, 2.05) is 24.3 Å². The fourth-order valence-electron chi connectivity index (χ4n) is 3.88. The van der Waals surface area contributed by atoms with Gasteiger partial charge in [-0.2, -0.15) is 0 Å². The summed E-state index contributed by atoms with van der Waals surface area (Å²) in [4.78, 5) is 17.7. The van der Waals surface area contributed by atoms with Crippen LogP contribution < -0.4 is 19.6 Å². The van der Waals surface area contributed by atoms with E-state index in [0.717, 1.165) is 40.1 Å². The van der Waals surface area contributed by atoms with Crippen molar-refractivity contribution < 1.29 is 27.5 Å². The molecule has 11 heteroatoms. The van der Waals surface area contributed by atoms with Crippen molar-refractivity contribution in [2.75, 3.05) is 5.32 Å². The summed E-state index contributed by atoms with van der Waals surface area (Å²) in [6.07, 6.45) is -2.03. The van der Waals surface area contributed by atoms with Crippen LogP contribution in [0, 0.1) is 0 Å². The maximum absolute atomic E-state index is 12.4. The smallest absolute Gasteiger partial charge is 0.406 e. The van der Waals surface area contributed by atoms with Gasteiger partial charge in [0, 0.05) is 17.5 Å². The molecule has 0 heterocycles. The fraction of sp³-hybridized carbons (Fsp3) is 0.222. The second-order valence-corrected chi connectivity index (χ2v) is 9.29. The quantitative estimate of drug-likeness (QED) is 0.179. The molecule has 0 saturated heterocycles. The Morgan fingerprint density at radius 1 is 1.03 bits per heavy atom. The van der Waals surface area contributed by atoms with Crippen LogP contribution >= 0.6 is 12.1 Å². The van der Waals surface area contributed by atoms with Crippen molar-refractivity contribution in [3.05, 3.63) is 89.0 Å². The highest BCUT2D eigenvalue weighted by atomic mass is 32.2. The number of para-hydroxylation sites is 1. The number of rotatable bonds is 8. The van der Waals surface area contributed by atoms with Crippen molar-refractivity contribution in [1.29, 1.82) is 0 Å². The number of hydrogen-bond donors (Lipinski definition) is 2. The minimum absolute atomic E-state index is 0.249. The molecule has 2 amide bonds. The Morgan fingerprint density at radius 2 is 1.76 bits per heavy atom. The van der Waals surface area contributed by atoms with Gasteiger partial charge in [-0.1, -0.05) is 37.2 Å². The monoisotopic (exact) mass is 542 g/mol. The van der Waals surface area contributed by atoms with E-state index >= 15 is 0 Å². The number of benzene rings is 3. The number of amides is 2. The van der Waals surface area contributed by atoms with Crippen molar-refractivity contribution in [3.8, 4) is 11.5 Å². The van der Waals surface area contributed by atoms with E-state index in [1.54, 1.807) is 36.5 Å². The molecule has 1 aliphatic rings. The Hall–Kier alpha value is -3.99. The lowest BCUT2D eigenvalue weighted by Gasteiger charge is -2.13. The van der Waals surface area contributed by atoms with Crippen molar-refractivity contribution >= 4 is 35.8 Å². The molecule has 0 aromatic heterocycles. The maximum Gasteiger partial charge on any atom is 0.573 e. The molecule has 4 rings (SSSR count). The van der Waals surface area contributed by atoms with Gasteiger partial charge in [0.1, 0.15) is 5.75 Å². The van der Waals surface area contributed by atoms with Crippen LogP contribution in [0.25, 0.3) is 0 Å². The predicted molar refractivity (Wildman–Crippen MR) is 143 cm³/mol. The zero-order chi connectivity index (χ0) is 27.1. The lowest BCUT2D eigenvalue weighted by Crippen LogP contribution is -2.23. The minimum Gasteiger partial charge on any atom is -0.406 e. The van der Waals surface area contributed by atoms with Gasteiger partial charge < -0.3 is 14.9 Å². The number of nitrogens with one attached hydrogen (secondary N) is 2. The van der Waals surface area contributed by atoms with E-state index in [-0.39, 0.29) is 17.7 Å². The second kappa shape index (κ2) is 12.0. The normalized spacial score (nSPS) is 14.1. The number of hydrogen-bond acceptors (Lipinski definition) is 6. The Kier molecular flexibility index (Phi) is 8.57. The van der Waals surface area contributed by atoms with E-state index < -0.39 is 6.36 Å². The molecule has 0 saturated carbocycles. The molecular weight excluding hydrogens is 517 g/mol. The molecule has 0 unspecified atom stereocenters. The molecule has 3 aromatic rings. The van der Waals surface area contributed by atoms with Gasteiger partial charge in [0.05, 0.1) is 17.8 Å². The lowest BCUT2D eigenvalue weighted by atomic mass is 10.0. The molecule has 0 bridgehead atoms. The average Bonchev–Trinajstić information content (AvgIpc) is 3.27. The molecule has 7 nitrogen and oxygen atoms in total. The number of oxime groups is 1. The van der Waals surface area contributed by atoms with Gasteiger partial charge in [-0.15, -0.1) is 13.2 Å². The van der Waals surface area contributed by atoms with Crippen molar-refractivity contribution in [1.82, 2.24) is 4.72 Å². The van der Waals surface area contributed by atoms with Crippen molar-refractivity contribution in [2.24, 2.45) is 9.55 Å². The Balaban J connectivity index is 1.26. The minimum atomic E-state index is -4.73. The number of halogens is 3. The summed E-state index contributed by atoms with van der Waals surface area (Å²) in [5, 5.41) is 7.00. The van der Waals surface area contributed by atoms with Gasteiger partial charge in [0.2, 0.25) is 0 Å². The summed E-state index contributed by atoms with van der Waals surface area (Å²) < 4.78 is 48.1. The predicted octanol–water partition coefficient (Wildman–Crippen LogP) is 7.24. The SMILES string of the molecule is CC(C)c1ccccc1NC(=O)NSN=Cc1ccc(O/N=C2/CCc3cc(OC(F)(F)F)ccc32)cc1. The highest BCUT2D eigenvalue weighted by Crippen LogP contribution is 2.30. The van der Waals surface area contributed by atoms with Crippen LogP contribution in [0.4, 0.5) is 23.7 Å². The maximum atomic E-state index is 12.4. The third-order valence-electron chi connectivity index (χ3n) is 5.62. The van der Waals surface area contributed by atoms with Crippen LogP contribution in [0.1, 0.15) is 48.4 Å². The first-order chi connectivity index (χ1) is 18.2.